The third kappa shape index (κ3) is 2.90. The van der Waals surface area contributed by atoms with Crippen molar-refractivity contribution in [3.05, 3.63) is 53.3 Å². The predicted molar refractivity (Wildman–Crippen MR) is 91.5 cm³/mol. The van der Waals surface area contributed by atoms with Gasteiger partial charge in [-0.3, -0.25) is 9.48 Å². The first-order valence-corrected chi connectivity index (χ1v) is 8.48. The fourth-order valence-corrected chi connectivity index (χ4v) is 3.76. The van der Waals surface area contributed by atoms with Gasteiger partial charge in [0.15, 0.2) is 0 Å². The van der Waals surface area contributed by atoms with E-state index in [0.29, 0.717) is 5.92 Å². The maximum atomic E-state index is 13.0. The number of hydrogen-bond donors (Lipinski definition) is 0. The molecular formula is C19H25N3O. The molecule has 1 amide bonds. The minimum absolute atomic E-state index is 0.132. The highest BCUT2D eigenvalue weighted by molar-refractivity contribution is 5.95. The molecule has 2 heterocycles. The molecule has 1 aliphatic heterocycles. The molecule has 1 aliphatic rings. The van der Waals surface area contributed by atoms with Crippen molar-refractivity contribution < 1.29 is 4.79 Å². The molecule has 122 valence electrons. The van der Waals surface area contributed by atoms with Gasteiger partial charge in [-0.25, -0.2) is 0 Å². The maximum absolute atomic E-state index is 13.0. The standard InChI is InChI=1S/C19H25N3O/c1-4-16(15-9-6-5-7-10-15)18-11-8-12-22(18)19(23)17-13-20-21(3)14(17)2/h5-7,9-10,13,16,18H,4,8,11-12H2,1-3H3/t16-,18-/m1/s1. The Labute approximate surface area is 138 Å². The zero-order valence-corrected chi connectivity index (χ0v) is 14.2. The van der Waals surface area contributed by atoms with Crippen LogP contribution in [0.3, 0.4) is 0 Å². The highest BCUT2D eigenvalue weighted by Crippen LogP contribution is 2.34. The van der Waals surface area contributed by atoms with Crippen molar-refractivity contribution in [1.82, 2.24) is 14.7 Å². The van der Waals surface area contributed by atoms with Gasteiger partial charge >= 0.3 is 0 Å². The van der Waals surface area contributed by atoms with Gasteiger partial charge in [0, 0.05) is 31.2 Å². The van der Waals surface area contributed by atoms with Crippen LogP contribution in [0, 0.1) is 6.92 Å². The zero-order valence-electron chi connectivity index (χ0n) is 14.2. The van der Waals surface area contributed by atoms with Crippen molar-refractivity contribution in [3.63, 3.8) is 0 Å². The molecule has 2 atom stereocenters. The van der Waals surface area contributed by atoms with E-state index in [4.69, 9.17) is 0 Å². The number of carbonyl (C=O) groups excluding carboxylic acids is 1. The van der Waals surface area contributed by atoms with Crippen LogP contribution < -0.4 is 0 Å². The number of amides is 1. The molecule has 0 unspecified atom stereocenters. The first kappa shape index (κ1) is 15.8. The molecular weight excluding hydrogens is 286 g/mol. The Balaban J connectivity index is 1.87. The molecule has 4 nitrogen and oxygen atoms in total. The minimum atomic E-state index is 0.132. The number of aryl methyl sites for hydroxylation is 1. The third-order valence-electron chi connectivity index (χ3n) is 5.16. The number of hydrogen-bond acceptors (Lipinski definition) is 2. The largest absolute Gasteiger partial charge is 0.335 e. The van der Waals surface area contributed by atoms with Crippen LogP contribution >= 0.6 is 0 Å². The summed E-state index contributed by atoms with van der Waals surface area (Å²) in [4.78, 5) is 15.1. The second-order valence-electron chi connectivity index (χ2n) is 6.40. The summed E-state index contributed by atoms with van der Waals surface area (Å²) >= 11 is 0. The minimum Gasteiger partial charge on any atom is -0.335 e. The summed E-state index contributed by atoms with van der Waals surface area (Å²) in [5.41, 5.74) is 3.01. The van der Waals surface area contributed by atoms with Gasteiger partial charge in [-0.05, 0) is 31.7 Å². The summed E-state index contributed by atoms with van der Waals surface area (Å²) in [5, 5.41) is 4.23. The van der Waals surface area contributed by atoms with Crippen LogP contribution in [-0.4, -0.2) is 33.2 Å². The fraction of sp³-hybridized carbons (Fsp3) is 0.474. The van der Waals surface area contributed by atoms with Crippen LogP contribution in [0.1, 0.15) is 53.7 Å². The Morgan fingerprint density at radius 3 is 2.70 bits per heavy atom. The van der Waals surface area contributed by atoms with E-state index in [1.54, 1.807) is 10.9 Å². The van der Waals surface area contributed by atoms with Gasteiger partial charge in [0.05, 0.1) is 11.8 Å². The predicted octanol–water partition coefficient (Wildman–Crippen LogP) is 3.53. The van der Waals surface area contributed by atoms with Gasteiger partial charge in [-0.2, -0.15) is 5.10 Å². The highest BCUT2D eigenvalue weighted by Gasteiger charge is 2.35. The lowest BCUT2D eigenvalue weighted by molar-refractivity contribution is 0.0713. The summed E-state index contributed by atoms with van der Waals surface area (Å²) in [6.45, 7) is 5.02. The van der Waals surface area contributed by atoms with Crippen molar-refractivity contribution in [3.8, 4) is 0 Å². The maximum Gasteiger partial charge on any atom is 0.257 e. The summed E-state index contributed by atoms with van der Waals surface area (Å²) in [6, 6.07) is 10.9. The first-order valence-electron chi connectivity index (χ1n) is 8.48. The van der Waals surface area contributed by atoms with Crippen LogP contribution in [0.2, 0.25) is 0 Å². The molecule has 0 radical (unpaired) electrons. The Hall–Kier alpha value is -2.10. The lowest BCUT2D eigenvalue weighted by Gasteiger charge is -2.31. The van der Waals surface area contributed by atoms with E-state index >= 15 is 0 Å². The lowest BCUT2D eigenvalue weighted by atomic mass is 9.87. The Bertz CT molecular complexity index is 677. The van der Waals surface area contributed by atoms with E-state index in [1.807, 2.05) is 20.0 Å². The zero-order chi connectivity index (χ0) is 16.4. The molecule has 1 aromatic carbocycles. The number of rotatable bonds is 4. The van der Waals surface area contributed by atoms with E-state index in [-0.39, 0.29) is 11.9 Å². The lowest BCUT2D eigenvalue weighted by Crippen LogP contribution is -2.39. The Morgan fingerprint density at radius 1 is 1.35 bits per heavy atom. The normalized spacial score (nSPS) is 19.1. The first-order chi connectivity index (χ1) is 11.1. The third-order valence-corrected chi connectivity index (χ3v) is 5.16. The molecule has 0 bridgehead atoms. The van der Waals surface area contributed by atoms with Crippen molar-refractivity contribution >= 4 is 5.91 Å². The van der Waals surface area contributed by atoms with Crippen LogP contribution in [0.25, 0.3) is 0 Å². The number of likely N-dealkylation sites (tertiary alicyclic amines) is 1. The van der Waals surface area contributed by atoms with Crippen LogP contribution in [0.15, 0.2) is 36.5 Å². The van der Waals surface area contributed by atoms with E-state index in [1.165, 1.54) is 5.56 Å². The van der Waals surface area contributed by atoms with Crippen molar-refractivity contribution in [2.24, 2.45) is 7.05 Å². The van der Waals surface area contributed by atoms with E-state index in [2.05, 4.69) is 41.2 Å². The summed E-state index contributed by atoms with van der Waals surface area (Å²) in [6.07, 6.45) is 4.92. The van der Waals surface area contributed by atoms with Gasteiger partial charge in [0.1, 0.15) is 0 Å². The number of carbonyl (C=O) groups is 1. The average molecular weight is 311 g/mol. The van der Waals surface area contributed by atoms with Crippen LogP contribution in [-0.2, 0) is 7.05 Å². The Morgan fingerprint density at radius 2 is 2.09 bits per heavy atom. The summed E-state index contributed by atoms with van der Waals surface area (Å²) in [5.74, 6) is 0.534. The van der Waals surface area contributed by atoms with Crippen LogP contribution in [0.5, 0.6) is 0 Å². The molecule has 0 spiro atoms. The van der Waals surface area contributed by atoms with Gasteiger partial charge < -0.3 is 4.90 Å². The van der Waals surface area contributed by atoms with E-state index < -0.39 is 0 Å². The molecule has 23 heavy (non-hydrogen) atoms. The van der Waals surface area contributed by atoms with Gasteiger partial charge in [0.25, 0.3) is 5.91 Å². The van der Waals surface area contributed by atoms with E-state index in [9.17, 15) is 4.79 Å². The number of benzene rings is 1. The molecule has 4 heteroatoms. The molecule has 3 rings (SSSR count). The van der Waals surface area contributed by atoms with Gasteiger partial charge in [0.2, 0.25) is 0 Å². The highest BCUT2D eigenvalue weighted by atomic mass is 16.2. The molecule has 1 saturated heterocycles. The summed E-state index contributed by atoms with van der Waals surface area (Å²) in [7, 11) is 1.88. The van der Waals surface area contributed by atoms with Crippen molar-refractivity contribution in [2.75, 3.05) is 6.54 Å². The monoisotopic (exact) mass is 311 g/mol. The SMILES string of the molecule is CC[C@H](c1ccccc1)[C@H]1CCCN1C(=O)c1cnn(C)c1C. The fourth-order valence-electron chi connectivity index (χ4n) is 3.76. The summed E-state index contributed by atoms with van der Waals surface area (Å²) < 4.78 is 1.77. The molecule has 1 aromatic heterocycles. The van der Waals surface area contributed by atoms with Crippen molar-refractivity contribution in [1.29, 1.82) is 0 Å². The van der Waals surface area contributed by atoms with Gasteiger partial charge in [-0.15, -0.1) is 0 Å². The molecule has 0 saturated carbocycles. The smallest absolute Gasteiger partial charge is 0.257 e. The van der Waals surface area contributed by atoms with Crippen LogP contribution in [0.4, 0.5) is 0 Å². The molecule has 1 fully saturated rings. The molecule has 2 aromatic rings. The van der Waals surface area contributed by atoms with Gasteiger partial charge in [-0.1, -0.05) is 37.3 Å². The van der Waals surface area contributed by atoms with Crippen molar-refractivity contribution in [2.45, 2.75) is 45.1 Å². The number of aromatic nitrogens is 2. The van der Waals surface area contributed by atoms with E-state index in [0.717, 1.165) is 37.1 Å². The second kappa shape index (κ2) is 6.57. The quantitative estimate of drug-likeness (QED) is 0.866. The number of nitrogens with zero attached hydrogens (tertiary/aromatic N) is 3. The average Bonchev–Trinajstić information content (AvgIpc) is 3.17. The second-order valence-corrected chi connectivity index (χ2v) is 6.40. The topological polar surface area (TPSA) is 38.1 Å². The Kier molecular flexibility index (Phi) is 4.51. The molecule has 0 aliphatic carbocycles. The molecule has 0 N–H and O–H groups in total.